The molecule has 2 N–H and O–H groups in total. The van der Waals surface area contributed by atoms with Crippen molar-refractivity contribution in [1.29, 1.82) is 0 Å². The van der Waals surface area contributed by atoms with Gasteiger partial charge in [-0.2, -0.15) is 0 Å². The summed E-state index contributed by atoms with van der Waals surface area (Å²) in [5, 5.41) is 5.72. The summed E-state index contributed by atoms with van der Waals surface area (Å²) >= 11 is 5.19. The van der Waals surface area contributed by atoms with Gasteiger partial charge < -0.3 is 14.8 Å². The number of anilines is 1. The van der Waals surface area contributed by atoms with E-state index in [1.807, 2.05) is 6.92 Å². The van der Waals surface area contributed by atoms with E-state index in [9.17, 15) is 9.59 Å². The second kappa shape index (κ2) is 11.8. The third kappa shape index (κ3) is 7.54. The van der Waals surface area contributed by atoms with Crippen LogP contribution >= 0.6 is 12.2 Å². The van der Waals surface area contributed by atoms with E-state index in [-0.39, 0.29) is 17.0 Å². The number of rotatable bonds is 9. The van der Waals surface area contributed by atoms with Crippen LogP contribution < -0.4 is 15.4 Å². The maximum Gasteiger partial charge on any atom is 0.338 e. The Morgan fingerprint density at radius 2 is 1.55 bits per heavy atom. The smallest absolute Gasteiger partial charge is 0.338 e. The molecule has 7 heteroatoms. The van der Waals surface area contributed by atoms with Gasteiger partial charge in [-0.3, -0.25) is 10.1 Å². The summed E-state index contributed by atoms with van der Waals surface area (Å²) in [5.41, 5.74) is 1.59. The van der Waals surface area contributed by atoms with Gasteiger partial charge in [0.05, 0.1) is 18.8 Å². The Balaban J connectivity index is 1.85. The van der Waals surface area contributed by atoms with Crippen LogP contribution in [-0.2, 0) is 4.74 Å². The fourth-order valence-electron chi connectivity index (χ4n) is 2.34. The zero-order valence-corrected chi connectivity index (χ0v) is 17.5. The van der Waals surface area contributed by atoms with E-state index in [2.05, 4.69) is 17.6 Å². The van der Waals surface area contributed by atoms with E-state index in [4.69, 9.17) is 21.7 Å². The molecule has 0 radical (unpaired) electrons. The Bertz CT molecular complexity index is 820. The summed E-state index contributed by atoms with van der Waals surface area (Å²) in [6.07, 6.45) is 2.83. The minimum atomic E-state index is -0.364. The van der Waals surface area contributed by atoms with Crippen LogP contribution in [0, 0.1) is 0 Å². The highest BCUT2D eigenvalue weighted by Gasteiger charge is 2.10. The average Bonchev–Trinajstić information content (AvgIpc) is 2.73. The van der Waals surface area contributed by atoms with Crippen molar-refractivity contribution in [3.05, 3.63) is 59.7 Å². The van der Waals surface area contributed by atoms with E-state index in [0.29, 0.717) is 30.0 Å². The number of amides is 1. The summed E-state index contributed by atoms with van der Waals surface area (Å²) in [4.78, 5) is 24.1. The van der Waals surface area contributed by atoms with Gasteiger partial charge in [0.2, 0.25) is 0 Å². The van der Waals surface area contributed by atoms with Crippen molar-refractivity contribution in [2.24, 2.45) is 0 Å². The second-order valence-corrected chi connectivity index (χ2v) is 6.76. The molecule has 2 rings (SSSR count). The standard InChI is InChI=1S/C22H26N2O4S/c1-3-5-15-27-19-12-8-16(9-13-19)20(25)24-22(29)23-18-10-6-17(7-11-18)21(26)28-14-4-2/h6-13H,3-5,14-15H2,1-2H3,(H2,23,24,25,29). The Kier molecular flexibility index (Phi) is 9.11. The van der Waals surface area contributed by atoms with Gasteiger partial charge in [-0.05, 0) is 73.6 Å². The Hall–Kier alpha value is -2.93. The molecule has 0 saturated carbocycles. The molecule has 0 aliphatic carbocycles. The van der Waals surface area contributed by atoms with Crippen molar-refractivity contribution in [2.45, 2.75) is 33.1 Å². The molecule has 1 amide bonds. The van der Waals surface area contributed by atoms with Gasteiger partial charge in [-0.25, -0.2) is 4.79 Å². The number of hydrogen-bond donors (Lipinski definition) is 2. The van der Waals surface area contributed by atoms with Gasteiger partial charge in [-0.15, -0.1) is 0 Å². The van der Waals surface area contributed by atoms with E-state index < -0.39 is 0 Å². The van der Waals surface area contributed by atoms with Crippen LogP contribution in [0.15, 0.2) is 48.5 Å². The van der Waals surface area contributed by atoms with E-state index >= 15 is 0 Å². The molecule has 0 fully saturated rings. The zero-order valence-electron chi connectivity index (χ0n) is 16.7. The number of thiocarbonyl (C=S) groups is 1. The number of carbonyl (C=O) groups is 2. The summed E-state index contributed by atoms with van der Waals surface area (Å²) in [6.45, 7) is 5.08. The molecule has 2 aromatic carbocycles. The molecule has 0 saturated heterocycles. The fourth-order valence-corrected chi connectivity index (χ4v) is 2.55. The van der Waals surface area contributed by atoms with E-state index in [0.717, 1.165) is 25.0 Å². The third-order valence-electron chi connectivity index (χ3n) is 3.93. The normalized spacial score (nSPS) is 10.1. The third-order valence-corrected chi connectivity index (χ3v) is 4.13. The SMILES string of the molecule is CCCCOc1ccc(C(=O)NC(=S)Nc2ccc(C(=O)OCCC)cc2)cc1. The van der Waals surface area contributed by atoms with Gasteiger partial charge in [0.1, 0.15) is 5.75 Å². The van der Waals surface area contributed by atoms with Gasteiger partial charge in [0.15, 0.2) is 5.11 Å². The maximum atomic E-state index is 12.3. The highest BCUT2D eigenvalue weighted by molar-refractivity contribution is 7.80. The number of benzene rings is 2. The van der Waals surface area contributed by atoms with Crippen molar-refractivity contribution < 1.29 is 19.1 Å². The number of nitrogens with one attached hydrogen (secondary N) is 2. The Morgan fingerprint density at radius 1 is 0.897 bits per heavy atom. The van der Waals surface area contributed by atoms with Gasteiger partial charge in [0.25, 0.3) is 5.91 Å². The molecular weight excluding hydrogens is 388 g/mol. The van der Waals surface area contributed by atoms with Crippen LogP contribution in [0.4, 0.5) is 5.69 Å². The predicted octanol–water partition coefficient (Wildman–Crippen LogP) is 4.56. The van der Waals surface area contributed by atoms with Crippen LogP contribution in [0.3, 0.4) is 0 Å². The van der Waals surface area contributed by atoms with Gasteiger partial charge in [0, 0.05) is 11.3 Å². The fraction of sp³-hybridized carbons (Fsp3) is 0.318. The lowest BCUT2D eigenvalue weighted by Crippen LogP contribution is -2.34. The first kappa shape index (κ1) is 22.4. The number of unbranched alkanes of at least 4 members (excludes halogenated alkanes) is 1. The number of hydrogen-bond acceptors (Lipinski definition) is 5. The summed E-state index contributed by atoms with van der Waals surface area (Å²) < 4.78 is 10.7. The van der Waals surface area contributed by atoms with E-state index in [1.165, 1.54) is 0 Å². The van der Waals surface area contributed by atoms with Crippen molar-refractivity contribution in [3.8, 4) is 5.75 Å². The molecule has 0 aliphatic heterocycles. The van der Waals surface area contributed by atoms with Crippen LogP contribution in [0.2, 0.25) is 0 Å². The van der Waals surface area contributed by atoms with Crippen molar-refractivity contribution in [1.82, 2.24) is 5.32 Å². The summed E-state index contributed by atoms with van der Waals surface area (Å²) in [5.74, 6) is 0.0482. The lowest BCUT2D eigenvalue weighted by atomic mass is 10.2. The van der Waals surface area contributed by atoms with Gasteiger partial charge in [-0.1, -0.05) is 20.3 Å². The number of esters is 1. The molecule has 0 spiro atoms. The first-order valence-corrected chi connectivity index (χ1v) is 10.1. The number of ether oxygens (including phenoxy) is 2. The van der Waals surface area contributed by atoms with Crippen LogP contribution in [0.25, 0.3) is 0 Å². The van der Waals surface area contributed by atoms with Crippen LogP contribution in [0.5, 0.6) is 5.75 Å². The van der Waals surface area contributed by atoms with E-state index in [1.54, 1.807) is 48.5 Å². The molecule has 0 unspecified atom stereocenters. The molecule has 0 aromatic heterocycles. The van der Waals surface area contributed by atoms with Crippen molar-refractivity contribution >= 4 is 34.9 Å². The highest BCUT2D eigenvalue weighted by Crippen LogP contribution is 2.13. The molecule has 2 aromatic rings. The average molecular weight is 415 g/mol. The lowest BCUT2D eigenvalue weighted by Gasteiger charge is -2.11. The minimum absolute atomic E-state index is 0.166. The Morgan fingerprint density at radius 3 is 2.17 bits per heavy atom. The molecule has 0 aliphatic rings. The summed E-state index contributed by atoms with van der Waals surface area (Å²) in [7, 11) is 0. The minimum Gasteiger partial charge on any atom is -0.494 e. The van der Waals surface area contributed by atoms with Crippen LogP contribution in [-0.4, -0.2) is 30.2 Å². The quantitative estimate of drug-likeness (QED) is 0.356. The Labute approximate surface area is 176 Å². The van der Waals surface area contributed by atoms with Crippen molar-refractivity contribution in [3.63, 3.8) is 0 Å². The lowest BCUT2D eigenvalue weighted by molar-refractivity contribution is 0.0505. The molecule has 6 nitrogen and oxygen atoms in total. The maximum absolute atomic E-state index is 12.3. The molecule has 0 bridgehead atoms. The molecule has 29 heavy (non-hydrogen) atoms. The molecule has 0 atom stereocenters. The first-order valence-electron chi connectivity index (χ1n) is 9.65. The highest BCUT2D eigenvalue weighted by atomic mass is 32.1. The predicted molar refractivity (Wildman–Crippen MR) is 118 cm³/mol. The molecular formula is C22H26N2O4S. The molecule has 0 heterocycles. The molecule has 154 valence electrons. The summed E-state index contributed by atoms with van der Waals surface area (Å²) in [6, 6.07) is 13.6. The monoisotopic (exact) mass is 414 g/mol. The van der Waals surface area contributed by atoms with Crippen LogP contribution in [0.1, 0.15) is 53.8 Å². The zero-order chi connectivity index (χ0) is 21.1. The largest absolute Gasteiger partial charge is 0.494 e. The van der Waals surface area contributed by atoms with Crippen molar-refractivity contribution in [2.75, 3.05) is 18.5 Å². The second-order valence-electron chi connectivity index (χ2n) is 6.35. The topological polar surface area (TPSA) is 76.7 Å². The number of carbonyl (C=O) groups excluding carboxylic acids is 2. The first-order chi connectivity index (χ1) is 14.0. The van der Waals surface area contributed by atoms with Gasteiger partial charge >= 0.3 is 5.97 Å².